The van der Waals surface area contributed by atoms with E-state index in [0.717, 1.165) is 18.7 Å². The summed E-state index contributed by atoms with van der Waals surface area (Å²) in [6, 6.07) is 15.7. The molecular weight excluding hydrogens is 542 g/mol. The Morgan fingerprint density at radius 3 is 2.54 bits per heavy atom. The van der Waals surface area contributed by atoms with Crippen LogP contribution >= 0.6 is 0 Å². The molecule has 2 aromatic carbocycles. The highest BCUT2D eigenvalue weighted by Gasteiger charge is 2.21. The largest absolute Gasteiger partial charge is 0.413 e. The SMILES string of the molecule is CC(C)(C)c1ccc(S(=O)(=O)Nc2ccc3[nH]c(OC(=O)NCCN4CCOCC4)c(-c4cccnc4)c3c2)cc1. The van der Waals surface area contributed by atoms with Crippen LogP contribution in [0, 0.1) is 0 Å². The monoisotopic (exact) mass is 577 g/mol. The Morgan fingerprint density at radius 1 is 1.10 bits per heavy atom. The van der Waals surface area contributed by atoms with Gasteiger partial charge in [-0.05, 0) is 47.4 Å². The molecule has 0 atom stereocenters. The number of hydrogen-bond acceptors (Lipinski definition) is 7. The van der Waals surface area contributed by atoms with Gasteiger partial charge in [0, 0.05) is 60.7 Å². The summed E-state index contributed by atoms with van der Waals surface area (Å²) in [5.74, 6) is 0.245. The second-order valence-electron chi connectivity index (χ2n) is 11.0. The van der Waals surface area contributed by atoms with Crippen LogP contribution in [0.15, 0.2) is 71.9 Å². The molecule has 10 nitrogen and oxygen atoms in total. The van der Waals surface area contributed by atoms with Crippen LogP contribution in [0.25, 0.3) is 22.0 Å². The van der Waals surface area contributed by atoms with Crippen LogP contribution in [0.2, 0.25) is 0 Å². The maximum atomic E-state index is 13.2. The van der Waals surface area contributed by atoms with Crippen molar-refractivity contribution in [3.63, 3.8) is 0 Å². The summed E-state index contributed by atoms with van der Waals surface area (Å²) in [5.41, 5.74) is 3.33. The fraction of sp³-hybridized carbons (Fsp3) is 0.333. The molecule has 3 heterocycles. The Bertz CT molecular complexity index is 1610. The third-order valence-corrected chi connectivity index (χ3v) is 8.39. The Balaban J connectivity index is 1.38. The van der Waals surface area contributed by atoms with Crippen molar-refractivity contribution in [2.45, 2.75) is 31.1 Å². The molecule has 216 valence electrons. The van der Waals surface area contributed by atoms with E-state index in [-0.39, 0.29) is 16.2 Å². The Hall–Kier alpha value is -3.93. The Morgan fingerprint density at radius 2 is 1.85 bits per heavy atom. The van der Waals surface area contributed by atoms with E-state index in [2.05, 4.69) is 45.7 Å². The molecule has 0 aliphatic carbocycles. The van der Waals surface area contributed by atoms with E-state index in [4.69, 9.17) is 9.47 Å². The number of hydrogen-bond donors (Lipinski definition) is 3. The number of sulfonamides is 1. The predicted molar refractivity (Wildman–Crippen MR) is 159 cm³/mol. The number of fused-ring (bicyclic) bond motifs is 1. The third-order valence-electron chi connectivity index (χ3n) is 6.99. The molecule has 1 fully saturated rings. The van der Waals surface area contributed by atoms with Crippen molar-refractivity contribution >= 4 is 32.7 Å². The van der Waals surface area contributed by atoms with Gasteiger partial charge in [0.2, 0.25) is 5.88 Å². The molecule has 3 N–H and O–H groups in total. The zero-order valence-electron chi connectivity index (χ0n) is 23.4. The molecule has 5 rings (SSSR count). The molecule has 0 radical (unpaired) electrons. The predicted octanol–water partition coefficient (Wildman–Crippen LogP) is 4.75. The van der Waals surface area contributed by atoms with Crippen LogP contribution in [0.3, 0.4) is 0 Å². The van der Waals surface area contributed by atoms with Gasteiger partial charge in [-0.1, -0.05) is 39.0 Å². The second kappa shape index (κ2) is 11.9. The van der Waals surface area contributed by atoms with Gasteiger partial charge in [0.25, 0.3) is 10.0 Å². The zero-order valence-corrected chi connectivity index (χ0v) is 24.3. The lowest BCUT2D eigenvalue weighted by molar-refractivity contribution is 0.0385. The van der Waals surface area contributed by atoms with E-state index in [9.17, 15) is 13.2 Å². The summed E-state index contributed by atoms with van der Waals surface area (Å²) in [4.78, 5) is 22.5. The number of anilines is 1. The van der Waals surface area contributed by atoms with Crippen LogP contribution in [0.4, 0.5) is 10.5 Å². The lowest BCUT2D eigenvalue weighted by Gasteiger charge is -2.26. The quantitative estimate of drug-likeness (QED) is 0.276. The van der Waals surface area contributed by atoms with Gasteiger partial charge in [0.1, 0.15) is 0 Å². The van der Waals surface area contributed by atoms with Crippen LogP contribution in [0.5, 0.6) is 5.88 Å². The van der Waals surface area contributed by atoms with E-state index in [1.807, 2.05) is 18.2 Å². The molecule has 1 amide bonds. The maximum Gasteiger partial charge on any atom is 0.413 e. The van der Waals surface area contributed by atoms with Crippen LogP contribution in [-0.4, -0.2) is 68.8 Å². The van der Waals surface area contributed by atoms with Crippen LogP contribution in [-0.2, 0) is 20.2 Å². The number of nitrogens with one attached hydrogen (secondary N) is 3. The summed E-state index contributed by atoms with van der Waals surface area (Å²) >= 11 is 0. The lowest BCUT2D eigenvalue weighted by Crippen LogP contribution is -2.41. The minimum Gasteiger partial charge on any atom is -0.393 e. The minimum atomic E-state index is -3.83. The summed E-state index contributed by atoms with van der Waals surface area (Å²) in [6.07, 6.45) is 2.73. The number of benzene rings is 2. The average molecular weight is 578 g/mol. The van der Waals surface area contributed by atoms with Crippen molar-refractivity contribution in [3.05, 3.63) is 72.6 Å². The van der Waals surface area contributed by atoms with E-state index in [1.165, 1.54) is 0 Å². The van der Waals surface area contributed by atoms with Crippen molar-refractivity contribution < 1.29 is 22.7 Å². The highest BCUT2D eigenvalue weighted by molar-refractivity contribution is 7.92. The summed E-state index contributed by atoms with van der Waals surface area (Å²) in [7, 11) is -3.83. The van der Waals surface area contributed by atoms with Gasteiger partial charge < -0.3 is 19.8 Å². The number of carbonyl (C=O) groups excluding carboxylic acids is 1. The fourth-order valence-corrected chi connectivity index (χ4v) is 5.77. The number of rotatable bonds is 8. The van der Waals surface area contributed by atoms with Gasteiger partial charge in [-0.15, -0.1) is 0 Å². The number of ether oxygens (including phenoxy) is 2. The molecular formula is C30H35N5O5S. The first-order valence-electron chi connectivity index (χ1n) is 13.6. The number of morpholine rings is 1. The molecule has 1 saturated heterocycles. The zero-order chi connectivity index (χ0) is 29.0. The Kier molecular flexibility index (Phi) is 8.30. The molecule has 0 bridgehead atoms. The first-order valence-corrected chi connectivity index (χ1v) is 15.0. The molecule has 1 aliphatic heterocycles. The van der Waals surface area contributed by atoms with E-state index in [1.54, 1.807) is 48.8 Å². The standard InChI is InChI=1S/C30H35N5O5S/c1-30(2,3)22-6-9-24(10-7-22)41(37,38)34-23-8-11-26-25(19-23)27(21-5-4-12-31-20-21)28(33-26)40-29(36)32-13-14-35-15-17-39-18-16-35/h4-12,19-20,33-34H,13-18H2,1-3H3,(H,32,36). The first kappa shape index (κ1) is 28.6. The van der Waals surface area contributed by atoms with Gasteiger partial charge in [-0.3, -0.25) is 14.6 Å². The van der Waals surface area contributed by atoms with E-state index >= 15 is 0 Å². The molecule has 0 spiro atoms. The lowest BCUT2D eigenvalue weighted by atomic mass is 9.87. The van der Waals surface area contributed by atoms with Gasteiger partial charge in [0.15, 0.2) is 0 Å². The topological polar surface area (TPSA) is 126 Å². The summed E-state index contributed by atoms with van der Waals surface area (Å²) < 4.78 is 40.2. The fourth-order valence-electron chi connectivity index (χ4n) is 4.72. The number of amides is 1. The third kappa shape index (κ3) is 6.87. The van der Waals surface area contributed by atoms with Crippen molar-refractivity contribution in [1.29, 1.82) is 0 Å². The highest BCUT2D eigenvalue weighted by atomic mass is 32.2. The summed E-state index contributed by atoms with van der Waals surface area (Å²) in [6.45, 7) is 10.4. The Labute approximate surface area is 240 Å². The van der Waals surface area contributed by atoms with Gasteiger partial charge >= 0.3 is 6.09 Å². The average Bonchev–Trinajstić information content (AvgIpc) is 3.30. The normalized spacial score (nSPS) is 14.6. The van der Waals surface area contributed by atoms with E-state index < -0.39 is 16.1 Å². The van der Waals surface area contributed by atoms with Crippen LogP contribution in [0.1, 0.15) is 26.3 Å². The number of H-pyrrole nitrogens is 1. The van der Waals surface area contributed by atoms with Crippen molar-refractivity contribution in [3.8, 4) is 17.0 Å². The molecule has 4 aromatic rings. The van der Waals surface area contributed by atoms with Gasteiger partial charge in [-0.25, -0.2) is 13.2 Å². The van der Waals surface area contributed by atoms with Crippen molar-refractivity contribution in [2.75, 3.05) is 44.1 Å². The van der Waals surface area contributed by atoms with Crippen molar-refractivity contribution in [1.82, 2.24) is 20.2 Å². The summed E-state index contributed by atoms with van der Waals surface area (Å²) in [5, 5.41) is 3.48. The number of aromatic nitrogens is 2. The molecule has 0 unspecified atom stereocenters. The first-order chi connectivity index (χ1) is 19.6. The number of pyridine rings is 1. The highest BCUT2D eigenvalue weighted by Crippen LogP contribution is 2.38. The number of nitrogens with zero attached hydrogens (tertiary/aromatic N) is 2. The van der Waals surface area contributed by atoms with Gasteiger partial charge in [0.05, 0.1) is 23.7 Å². The van der Waals surface area contributed by atoms with Crippen molar-refractivity contribution in [2.24, 2.45) is 0 Å². The van der Waals surface area contributed by atoms with Gasteiger partial charge in [-0.2, -0.15) is 0 Å². The smallest absolute Gasteiger partial charge is 0.393 e. The molecule has 11 heteroatoms. The van der Waals surface area contributed by atoms with Crippen LogP contribution < -0.4 is 14.8 Å². The molecule has 0 saturated carbocycles. The number of carbonyl (C=O) groups is 1. The van der Waals surface area contributed by atoms with E-state index in [0.29, 0.717) is 54.0 Å². The second-order valence-corrected chi connectivity index (χ2v) is 12.7. The molecule has 1 aliphatic rings. The number of aromatic amines is 1. The molecule has 41 heavy (non-hydrogen) atoms. The minimum absolute atomic E-state index is 0.0862. The molecule has 2 aromatic heterocycles. The maximum absolute atomic E-state index is 13.2.